The molecular weight excluding hydrogens is 216 g/mol. The van der Waals surface area contributed by atoms with Crippen LogP contribution in [-0.4, -0.2) is 63.3 Å². The van der Waals surface area contributed by atoms with Gasteiger partial charge in [0.15, 0.2) is 0 Å². The first kappa shape index (κ1) is 12.4. The zero-order valence-electron chi connectivity index (χ0n) is 8.81. The SMILES string of the molecule is C[N+]1(C)CCC[N+](C)(C)CC1.[Br-]. The van der Waals surface area contributed by atoms with Gasteiger partial charge in [0, 0.05) is 6.42 Å². The quantitative estimate of drug-likeness (QED) is 0.411. The predicted molar refractivity (Wildman–Crippen MR) is 48.3 cm³/mol. The topological polar surface area (TPSA) is 0 Å². The molecule has 0 atom stereocenters. The van der Waals surface area contributed by atoms with E-state index in [1.54, 1.807) is 0 Å². The molecule has 1 rings (SSSR count). The van der Waals surface area contributed by atoms with Crippen LogP contribution in [0.1, 0.15) is 6.42 Å². The van der Waals surface area contributed by atoms with Crippen molar-refractivity contribution < 1.29 is 25.9 Å². The molecule has 0 amide bonds. The Bertz CT molecular complexity index is 127. The van der Waals surface area contributed by atoms with Gasteiger partial charge in [-0.15, -0.1) is 0 Å². The number of halogens is 1. The first-order valence-electron chi connectivity index (χ1n) is 4.55. The smallest absolute Gasteiger partial charge is 0.128 e. The molecule has 0 N–H and O–H groups in total. The maximum atomic E-state index is 2.34. The minimum Gasteiger partial charge on any atom is -1.00 e. The highest BCUT2D eigenvalue weighted by atomic mass is 79.9. The zero-order chi connectivity index (χ0) is 8.54. The monoisotopic (exact) mass is 237 g/mol. The van der Waals surface area contributed by atoms with Crippen molar-refractivity contribution in [2.24, 2.45) is 0 Å². The summed E-state index contributed by atoms with van der Waals surface area (Å²) in [6.45, 7) is 5.35. The zero-order valence-corrected chi connectivity index (χ0v) is 10.4. The lowest BCUT2D eigenvalue weighted by Gasteiger charge is -2.29. The summed E-state index contributed by atoms with van der Waals surface area (Å²) in [6.07, 6.45) is 1.38. The van der Waals surface area contributed by atoms with E-state index in [0.29, 0.717) is 0 Å². The fourth-order valence-electron chi connectivity index (χ4n) is 1.69. The molecule has 2 nitrogen and oxygen atoms in total. The second-order valence-corrected chi connectivity index (χ2v) is 5.12. The van der Waals surface area contributed by atoms with E-state index in [4.69, 9.17) is 0 Å². The van der Waals surface area contributed by atoms with Crippen molar-refractivity contribution in [1.29, 1.82) is 0 Å². The number of quaternary nitrogens is 2. The van der Waals surface area contributed by atoms with Crippen molar-refractivity contribution in [1.82, 2.24) is 0 Å². The highest BCUT2D eigenvalue weighted by Crippen LogP contribution is 2.10. The molecule has 0 spiro atoms. The van der Waals surface area contributed by atoms with Crippen LogP contribution in [0.2, 0.25) is 0 Å². The van der Waals surface area contributed by atoms with Crippen LogP contribution in [0.25, 0.3) is 0 Å². The van der Waals surface area contributed by atoms with E-state index < -0.39 is 0 Å². The van der Waals surface area contributed by atoms with Crippen LogP contribution in [0.4, 0.5) is 0 Å². The minimum atomic E-state index is 0. The third kappa shape index (κ3) is 3.87. The van der Waals surface area contributed by atoms with Crippen LogP contribution < -0.4 is 17.0 Å². The van der Waals surface area contributed by atoms with Gasteiger partial charge in [-0.05, 0) is 0 Å². The first-order valence-corrected chi connectivity index (χ1v) is 4.55. The molecule has 12 heavy (non-hydrogen) atoms. The van der Waals surface area contributed by atoms with Crippen LogP contribution in [-0.2, 0) is 0 Å². The second kappa shape index (κ2) is 4.07. The summed E-state index contributed by atoms with van der Waals surface area (Å²) >= 11 is 0. The molecule has 1 fully saturated rings. The number of likely N-dealkylation sites (N-methyl/N-ethyl adjacent to an activating group) is 2. The maximum absolute atomic E-state index is 2.34. The second-order valence-electron chi connectivity index (χ2n) is 5.12. The van der Waals surface area contributed by atoms with Crippen LogP contribution >= 0.6 is 0 Å². The van der Waals surface area contributed by atoms with Crippen molar-refractivity contribution in [3.05, 3.63) is 0 Å². The molecule has 0 aromatic heterocycles. The van der Waals surface area contributed by atoms with Crippen LogP contribution in [0.3, 0.4) is 0 Å². The highest BCUT2D eigenvalue weighted by Gasteiger charge is 2.27. The van der Waals surface area contributed by atoms with Gasteiger partial charge >= 0.3 is 0 Å². The van der Waals surface area contributed by atoms with Gasteiger partial charge in [0.05, 0.1) is 41.3 Å². The molecule has 1 aliphatic heterocycles. The summed E-state index contributed by atoms with van der Waals surface area (Å²) in [5.74, 6) is 0. The molecular formula is C9H22BrN2+. The van der Waals surface area contributed by atoms with Gasteiger partial charge in [0.2, 0.25) is 0 Å². The van der Waals surface area contributed by atoms with E-state index in [9.17, 15) is 0 Å². The largest absolute Gasteiger partial charge is 1.00 e. The highest BCUT2D eigenvalue weighted by molar-refractivity contribution is 4.45. The van der Waals surface area contributed by atoms with Crippen molar-refractivity contribution in [3.8, 4) is 0 Å². The Morgan fingerprint density at radius 1 is 0.667 bits per heavy atom. The summed E-state index contributed by atoms with van der Waals surface area (Å²) < 4.78 is 2.42. The van der Waals surface area contributed by atoms with Crippen molar-refractivity contribution in [3.63, 3.8) is 0 Å². The van der Waals surface area contributed by atoms with Crippen LogP contribution in [0, 0.1) is 0 Å². The Morgan fingerprint density at radius 3 is 1.33 bits per heavy atom. The average Bonchev–Trinajstić information content (AvgIpc) is 1.92. The molecule has 0 unspecified atom stereocenters. The van der Waals surface area contributed by atoms with Gasteiger partial charge in [-0.1, -0.05) is 0 Å². The molecule has 0 aromatic rings. The molecule has 1 heterocycles. The first-order chi connectivity index (χ1) is 4.91. The van der Waals surface area contributed by atoms with Gasteiger partial charge in [0.1, 0.15) is 13.1 Å². The summed E-state index contributed by atoms with van der Waals surface area (Å²) in [4.78, 5) is 0. The lowest BCUT2D eigenvalue weighted by Crippen LogP contribution is -3.00. The number of nitrogens with zero attached hydrogens (tertiary/aromatic N) is 2. The summed E-state index contributed by atoms with van der Waals surface area (Å²) in [5, 5.41) is 0. The van der Waals surface area contributed by atoms with Gasteiger partial charge in [-0.3, -0.25) is 0 Å². The predicted octanol–water partition coefficient (Wildman–Crippen LogP) is -2.45. The molecule has 0 radical (unpaired) electrons. The molecule has 0 aliphatic carbocycles. The van der Waals surface area contributed by atoms with Crippen molar-refractivity contribution in [2.75, 3.05) is 54.4 Å². The van der Waals surface area contributed by atoms with E-state index in [0.717, 1.165) is 0 Å². The van der Waals surface area contributed by atoms with E-state index in [-0.39, 0.29) is 17.0 Å². The fraction of sp³-hybridized carbons (Fsp3) is 1.00. The molecule has 0 saturated carbocycles. The molecule has 74 valence electrons. The van der Waals surface area contributed by atoms with Crippen LogP contribution in [0.15, 0.2) is 0 Å². The normalized spacial score (nSPS) is 27.0. The lowest BCUT2D eigenvalue weighted by molar-refractivity contribution is -0.927. The van der Waals surface area contributed by atoms with Crippen molar-refractivity contribution >= 4 is 0 Å². The molecule has 1 aliphatic rings. The third-order valence-electron chi connectivity index (χ3n) is 2.84. The molecule has 0 aromatic carbocycles. The van der Waals surface area contributed by atoms with Gasteiger partial charge < -0.3 is 25.9 Å². The van der Waals surface area contributed by atoms with E-state index >= 15 is 0 Å². The van der Waals surface area contributed by atoms with E-state index in [1.807, 2.05) is 0 Å². The molecule has 3 heteroatoms. The molecule has 0 bridgehead atoms. The third-order valence-corrected chi connectivity index (χ3v) is 2.84. The fourth-order valence-corrected chi connectivity index (χ4v) is 1.69. The van der Waals surface area contributed by atoms with E-state index in [2.05, 4.69) is 28.2 Å². The number of hydrogen-bond acceptors (Lipinski definition) is 0. The standard InChI is InChI=1S/C9H22N2.BrH/c1-10(2)6-5-7-11(3,4)9-8-10;/h5-9H2,1-4H3;1H/q+2;/p-1. The summed E-state index contributed by atoms with van der Waals surface area (Å²) in [6, 6.07) is 0. The van der Waals surface area contributed by atoms with Crippen molar-refractivity contribution in [2.45, 2.75) is 6.42 Å². The van der Waals surface area contributed by atoms with Gasteiger partial charge in [-0.2, -0.15) is 0 Å². The average molecular weight is 238 g/mol. The van der Waals surface area contributed by atoms with E-state index in [1.165, 1.54) is 41.6 Å². The maximum Gasteiger partial charge on any atom is 0.128 e. The Kier molecular flexibility index (Phi) is 4.21. The lowest BCUT2D eigenvalue weighted by atomic mass is 10.3. The molecule has 1 saturated heterocycles. The number of rotatable bonds is 0. The summed E-state index contributed by atoms with van der Waals surface area (Å²) in [7, 11) is 9.35. The Balaban J connectivity index is 0.00000121. The Labute approximate surface area is 87.1 Å². The minimum absolute atomic E-state index is 0. The Hall–Kier alpha value is 0.400. The number of hydrogen-bond donors (Lipinski definition) is 0. The van der Waals surface area contributed by atoms with Gasteiger partial charge in [0.25, 0.3) is 0 Å². The summed E-state index contributed by atoms with van der Waals surface area (Å²) in [5.41, 5.74) is 0. The Morgan fingerprint density at radius 2 is 1.00 bits per heavy atom. The van der Waals surface area contributed by atoms with Crippen LogP contribution in [0.5, 0.6) is 0 Å². The van der Waals surface area contributed by atoms with Gasteiger partial charge in [-0.25, -0.2) is 0 Å².